The predicted octanol–water partition coefficient (Wildman–Crippen LogP) is 4.62. The van der Waals surface area contributed by atoms with Gasteiger partial charge in [-0.1, -0.05) is 30.3 Å². The molecule has 1 atom stereocenters. The number of hydrogen-bond donors (Lipinski definition) is 1. The fraction of sp³-hybridized carbons (Fsp3) is 0.294. The van der Waals surface area contributed by atoms with Crippen LogP contribution in [0.4, 0.5) is 13.2 Å². The molecule has 0 fully saturated rings. The summed E-state index contributed by atoms with van der Waals surface area (Å²) in [4.78, 5) is 0. The molecule has 0 radical (unpaired) electrons. The van der Waals surface area contributed by atoms with Crippen LogP contribution in [0.5, 0.6) is 5.75 Å². The first-order valence-electron chi connectivity index (χ1n) is 7.10. The second kappa shape index (κ2) is 5.65. The Bertz CT molecular complexity index is 680. The fourth-order valence-electron chi connectivity index (χ4n) is 2.95. The summed E-state index contributed by atoms with van der Waals surface area (Å²) in [5, 5.41) is 10.1. The van der Waals surface area contributed by atoms with Crippen molar-refractivity contribution < 1.29 is 23.0 Å². The first-order valence-corrected chi connectivity index (χ1v) is 7.10. The highest BCUT2D eigenvalue weighted by molar-refractivity contribution is 5.70. The molecular formula is C17H15F3O2. The van der Waals surface area contributed by atoms with E-state index in [2.05, 4.69) is 4.74 Å². The van der Waals surface area contributed by atoms with Crippen LogP contribution in [-0.2, 0) is 6.42 Å². The summed E-state index contributed by atoms with van der Waals surface area (Å²) in [5.74, 6) is -0.237. The molecule has 0 saturated heterocycles. The molecular weight excluding hydrogens is 293 g/mol. The summed E-state index contributed by atoms with van der Waals surface area (Å²) in [5.41, 5.74) is 3.38. The minimum absolute atomic E-state index is 0.237. The normalized spacial score (nSPS) is 17.9. The monoisotopic (exact) mass is 308 g/mol. The van der Waals surface area contributed by atoms with Crippen LogP contribution in [-0.4, -0.2) is 11.5 Å². The van der Waals surface area contributed by atoms with E-state index < -0.39 is 12.5 Å². The highest BCUT2D eigenvalue weighted by Crippen LogP contribution is 2.37. The van der Waals surface area contributed by atoms with Crippen LogP contribution in [0.2, 0.25) is 0 Å². The van der Waals surface area contributed by atoms with Crippen molar-refractivity contribution in [2.75, 3.05) is 0 Å². The topological polar surface area (TPSA) is 29.5 Å². The Kier molecular flexibility index (Phi) is 3.83. The first kappa shape index (κ1) is 14.9. The molecule has 5 heteroatoms. The van der Waals surface area contributed by atoms with E-state index in [0.29, 0.717) is 12.0 Å². The third kappa shape index (κ3) is 3.09. The predicted molar refractivity (Wildman–Crippen MR) is 76.5 cm³/mol. The number of rotatable bonds is 2. The summed E-state index contributed by atoms with van der Waals surface area (Å²) in [6.07, 6.45) is -2.81. The van der Waals surface area contributed by atoms with E-state index in [1.165, 1.54) is 18.2 Å². The number of fused-ring (bicyclic) bond motifs is 1. The SMILES string of the molecule is OC1CCCc2c(-c3cccc(OC(F)(F)F)c3)cccc21. The lowest BCUT2D eigenvalue weighted by atomic mass is 9.84. The Morgan fingerprint density at radius 3 is 2.64 bits per heavy atom. The Hall–Kier alpha value is -2.01. The van der Waals surface area contributed by atoms with Crippen LogP contribution in [0.1, 0.15) is 30.1 Å². The molecule has 0 amide bonds. The van der Waals surface area contributed by atoms with Crippen molar-refractivity contribution in [2.24, 2.45) is 0 Å². The maximum atomic E-state index is 12.3. The van der Waals surface area contributed by atoms with Crippen LogP contribution < -0.4 is 4.74 Å². The van der Waals surface area contributed by atoms with Crippen molar-refractivity contribution in [3.63, 3.8) is 0 Å². The van der Waals surface area contributed by atoms with Crippen molar-refractivity contribution in [1.82, 2.24) is 0 Å². The van der Waals surface area contributed by atoms with Crippen LogP contribution in [0.3, 0.4) is 0 Å². The molecule has 0 aromatic heterocycles. The lowest BCUT2D eigenvalue weighted by Gasteiger charge is -2.24. The first-order chi connectivity index (χ1) is 10.4. The molecule has 2 aromatic rings. The molecule has 2 nitrogen and oxygen atoms in total. The summed E-state index contributed by atoms with van der Waals surface area (Å²) in [6.45, 7) is 0. The molecule has 1 aliphatic carbocycles. The summed E-state index contributed by atoms with van der Waals surface area (Å²) >= 11 is 0. The zero-order valence-corrected chi connectivity index (χ0v) is 11.7. The lowest BCUT2D eigenvalue weighted by Crippen LogP contribution is -2.17. The third-order valence-electron chi connectivity index (χ3n) is 3.85. The molecule has 0 aliphatic heterocycles. The van der Waals surface area contributed by atoms with E-state index in [0.717, 1.165) is 29.5 Å². The highest BCUT2D eigenvalue weighted by atomic mass is 19.4. The minimum atomic E-state index is -4.70. The van der Waals surface area contributed by atoms with E-state index in [-0.39, 0.29) is 5.75 Å². The Labute approximate surface area is 126 Å². The zero-order chi connectivity index (χ0) is 15.7. The minimum Gasteiger partial charge on any atom is -0.406 e. The molecule has 2 aromatic carbocycles. The molecule has 0 spiro atoms. The number of aliphatic hydroxyl groups excluding tert-OH is 1. The van der Waals surface area contributed by atoms with Gasteiger partial charge in [0, 0.05) is 0 Å². The van der Waals surface area contributed by atoms with Gasteiger partial charge in [0.15, 0.2) is 0 Å². The van der Waals surface area contributed by atoms with E-state index in [9.17, 15) is 18.3 Å². The van der Waals surface area contributed by atoms with E-state index in [1.807, 2.05) is 18.2 Å². The van der Waals surface area contributed by atoms with Gasteiger partial charge in [-0.25, -0.2) is 0 Å². The summed E-state index contributed by atoms with van der Waals surface area (Å²) in [6, 6.07) is 11.5. The van der Waals surface area contributed by atoms with E-state index in [4.69, 9.17) is 0 Å². The quantitative estimate of drug-likeness (QED) is 0.877. The average Bonchev–Trinajstić information content (AvgIpc) is 2.46. The van der Waals surface area contributed by atoms with Gasteiger partial charge in [0.2, 0.25) is 0 Å². The van der Waals surface area contributed by atoms with Gasteiger partial charge in [0.05, 0.1) is 6.10 Å². The maximum Gasteiger partial charge on any atom is 0.573 e. The standard InChI is InChI=1S/C17H15F3O2/c18-17(19,20)22-12-5-1-4-11(10-12)13-6-2-8-15-14(13)7-3-9-16(15)21/h1-2,4-6,8,10,16,21H,3,7,9H2. The van der Waals surface area contributed by atoms with Gasteiger partial charge in [0.25, 0.3) is 0 Å². The zero-order valence-electron chi connectivity index (χ0n) is 11.7. The number of alkyl halides is 3. The number of aliphatic hydroxyl groups is 1. The van der Waals surface area contributed by atoms with Crippen LogP contribution in [0, 0.1) is 0 Å². The van der Waals surface area contributed by atoms with Crippen LogP contribution in [0.15, 0.2) is 42.5 Å². The highest BCUT2D eigenvalue weighted by Gasteiger charge is 2.31. The molecule has 0 heterocycles. The molecule has 1 N–H and O–H groups in total. The van der Waals surface area contributed by atoms with Gasteiger partial charge in [-0.05, 0) is 53.6 Å². The average molecular weight is 308 g/mol. The molecule has 22 heavy (non-hydrogen) atoms. The molecule has 0 bridgehead atoms. The van der Waals surface area contributed by atoms with Crippen molar-refractivity contribution in [3.05, 3.63) is 53.6 Å². The van der Waals surface area contributed by atoms with E-state index >= 15 is 0 Å². The largest absolute Gasteiger partial charge is 0.573 e. The Morgan fingerprint density at radius 2 is 1.86 bits per heavy atom. The maximum absolute atomic E-state index is 12.3. The number of ether oxygens (including phenoxy) is 1. The lowest BCUT2D eigenvalue weighted by molar-refractivity contribution is -0.274. The van der Waals surface area contributed by atoms with Crippen molar-refractivity contribution in [3.8, 4) is 16.9 Å². The Morgan fingerprint density at radius 1 is 1.09 bits per heavy atom. The smallest absolute Gasteiger partial charge is 0.406 e. The summed E-state index contributed by atoms with van der Waals surface area (Å²) < 4.78 is 41.0. The number of hydrogen-bond acceptors (Lipinski definition) is 2. The van der Waals surface area contributed by atoms with Crippen molar-refractivity contribution >= 4 is 0 Å². The van der Waals surface area contributed by atoms with Gasteiger partial charge in [-0.3, -0.25) is 0 Å². The van der Waals surface area contributed by atoms with Gasteiger partial charge in [-0.15, -0.1) is 13.2 Å². The second-order valence-electron chi connectivity index (χ2n) is 5.36. The van der Waals surface area contributed by atoms with E-state index in [1.54, 1.807) is 6.07 Å². The van der Waals surface area contributed by atoms with Crippen molar-refractivity contribution in [1.29, 1.82) is 0 Å². The Balaban J connectivity index is 2.02. The number of benzene rings is 2. The van der Waals surface area contributed by atoms with Gasteiger partial charge >= 0.3 is 6.36 Å². The fourth-order valence-corrected chi connectivity index (χ4v) is 2.95. The molecule has 1 aliphatic rings. The second-order valence-corrected chi connectivity index (χ2v) is 5.36. The van der Waals surface area contributed by atoms with Crippen LogP contribution in [0.25, 0.3) is 11.1 Å². The van der Waals surface area contributed by atoms with Gasteiger partial charge < -0.3 is 9.84 Å². The van der Waals surface area contributed by atoms with Gasteiger partial charge in [-0.2, -0.15) is 0 Å². The van der Waals surface area contributed by atoms with Crippen molar-refractivity contribution in [2.45, 2.75) is 31.7 Å². The molecule has 1 unspecified atom stereocenters. The van der Waals surface area contributed by atoms with Gasteiger partial charge in [0.1, 0.15) is 5.75 Å². The molecule has 0 saturated carbocycles. The summed E-state index contributed by atoms with van der Waals surface area (Å²) in [7, 11) is 0. The molecule has 3 rings (SSSR count). The third-order valence-corrected chi connectivity index (χ3v) is 3.85. The number of halogens is 3. The molecule has 116 valence electrons. The van der Waals surface area contributed by atoms with Crippen LogP contribution >= 0.6 is 0 Å².